The lowest BCUT2D eigenvalue weighted by Crippen LogP contribution is -2.19. The van der Waals surface area contributed by atoms with Crippen LogP contribution >= 0.6 is 11.8 Å². The van der Waals surface area contributed by atoms with E-state index in [-0.39, 0.29) is 0 Å². The summed E-state index contributed by atoms with van der Waals surface area (Å²) in [7, 11) is 0. The van der Waals surface area contributed by atoms with Gasteiger partial charge in [0.1, 0.15) is 0 Å². The maximum atomic E-state index is 2.38. The molecule has 16 heavy (non-hydrogen) atoms. The molecule has 1 fully saturated rings. The normalized spacial score (nSPS) is 36.4. The zero-order chi connectivity index (χ0) is 11.0. The fourth-order valence-corrected chi connectivity index (χ4v) is 5.09. The Labute approximate surface area is 103 Å². The molecule has 0 bridgehead atoms. The highest BCUT2D eigenvalue weighted by molar-refractivity contribution is 8.01. The molecule has 0 aromatic rings. The molecule has 0 nitrogen and oxygen atoms in total. The van der Waals surface area contributed by atoms with Crippen LogP contribution in [0.1, 0.15) is 39.0 Å². The summed E-state index contributed by atoms with van der Waals surface area (Å²) in [4.78, 5) is 0. The SMILES string of the molecule is CCCC1CCCC2SC3C=CC=CC3=C12. The van der Waals surface area contributed by atoms with Crippen LogP contribution in [0.4, 0.5) is 0 Å². The van der Waals surface area contributed by atoms with Crippen LogP contribution in [0.2, 0.25) is 0 Å². The zero-order valence-electron chi connectivity index (χ0n) is 9.99. The van der Waals surface area contributed by atoms with Gasteiger partial charge in [-0.15, -0.1) is 11.8 Å². The fraction of sp³-hybridized carbons (Fsp3) is 0.600. The minimum absolute atomic E-state index is 0.683. The standard InChI is InChI=1S/C15H20S/c1-2-6-11-7-5-10-14-15(11)12-8-3-4-9-13(12)16-14/h3-4,8-9,11,13-14H,2,5-7,10H2,1H3. The summed E-state index contributed by atoms with van der Waals surface area (Å²) in [6.45, 7) is 2.32. The van der Waals surface area contributed by atoms with Crippen molar-refractivity contribution in [2.75, 3.05) is 0 Å². The lowest BCUT2D eigenvalue weighted by molar-refractivity contribution is 0.430. The van der Waals surface area contributed by atoms with E-state index in [1.807, 2.05) is 5.57 Å². The van der Waals surface area contributed by atoms with Gasteiger partial charge in [0.25, 0.3) is 0 Å². The van der Waals surface area contributed by atoms with Gasteiger partial charge in [0.15, 0.2) is 0 Å². The van der Waals surface area contributed by atoms with E-state index in [9.17, 15) is 0 Å². The van der Waals surface area contributed by atoms with Gasteiger partial charge in [-0.3, -0.25) is 0 Å². The van der Waals surface area contributed by atoms with E-state index in [1.54, 1.807) is 5.57 Å². The topological polar surface area (TPSA) is 0 Å². The first kappa shape index (κ1) is 10.7. The molecular weight excluding hydrogens is 212 g/mol. The second-order valence-corrected chi connectivity index (χ2v) is 6.47. The summed E-state index contributed by atoms with van der Waals surface area (Å²) in [5.74, 6) is 0.896. The predicted molar refractivity (Wildman–Crippen MR) is 72.7 cm³/mol. The maximum absolute atomic E-state index is 2.38. The molecule has 0 spiro atoms. The number of allylic oxidation sites excluding steroid dienone is 3. The minimum atomic E-state index is 0.683. The summed E-state index contributed by atoms with van der Waals surface area (Å²) in [5.41, 5.74) is 3.49. The molecule has 0 saturated heterocycles. The van der Waals surface area contributed by atoms with Crippen LogP contribution in [0, 0.1) is 5.92 Å². The first-order valence-electron chi connectivity index (χ1n) is 6.64. The molecule has 1 saturated carbocycles. The van der Waals surface area contributed by atoms with Gasteiger partial charge in [0.05, 0.1) is 0 Å². The van der Waals surface area contributed by atoms with Crippen molar-refractivity contribution in [1.82, 2.24) is 0 Å². The molecule has 1 heterocycles. The van der Waals surface area contributed by atoms with E-state index >= 15 is 0 Å². The second kappa shape index (κ2) is 4.44. The predicted octanol–water partition coefficient (Wildman–Crippen LogP) is 4.49. The van der Waals surface area contributed by atoms with Gasteiger partial charge in [0, 0.05) is 10.5 Å². The third kappa shape index (κ3) is 1.69. The average molecular weight is 232 g/mol. The Hall–Kier alpha value is -0.430. The van der Waals surface area contributed by atoms with Gasteiger partial charge in [-0.25, -0.2) is 0 Å². The quantitative estimate of drug-likeness (QED) is 0.676. The monoisotopic (exact) mass is 232 g/mol. The molecule has 3 atom stereocenters. The van der Waals surface area contributed by atoms with E-state index in [4.69, 9.17) is 0 Å². The average Bonchev–Trinajstić information content (AvgIpc) is 2.68. The molecule has 1 aliphatic heterocycles. The largest absolute Gasteiger partial charge is 0.142 e. The third-order valence-electron chi connectivity index (χ3n) is 4.07. The molecule has 3 unspecified atom stereocenters. The summed E-state index contributed by atoms with van der Waals surface area (Å²) in [6, 6.07) is 0. The van der Waals surface area contributed by atoms with E-state index in [0.29, 0.717) is 5.25 Å². The summed E-state index contributed by atoms with van der Waals surface area (Å²) >= 11 is 2.20. The van der Waals surface area contributed by atoms with Gasteiger partial charge in [-0.05, 0) is 36.3 Å². The lowest BCUT2D eigenvalue weighted by Gasteiger charge is -2.29. The molecule has 0 N–H and O–H groups in total. The van der Waals surface area contributed by atoms with Crippen molar-refractivity contribution in [2.45, 2.75) is 49.5 Å². The summed E-state index contributed by atoms with van der Waals surface area (Å²) in [6.07, 6.45) is 16.2. The number of hydrogen-bond acceptors (Lipinski definition) is 1. The van der Waals surface area contributed by atoms with Crippen LogP contribution in [0.5, 0.6) is 0 Å². The molecule has 0 aromatic carbocycles. The molecule has 86 valence electrons. The van der Waals surface area contributed by atoms with Crippen molar-refractivity contribution in [3.05, 3.63) is 35.5 Å². The third-order valence-corrected chi connectivity index (χ3v) is 5.59. The summed E-state index contributed by atoms with van der Waals surface area (Å²) < 4.78 is 0. The van der Waals surface area contributed by atoms with Gasteiger partial charge in [-0.1, -0.05) is 44.1 Å². The zero-order valence-corrected chi connectivity index (χ0v) is 10.8. The molecule has 3 aliphatic rings. The molecule has 0 amide bonds. The molecule has 2 aliphatic carbocycles. The Morgan fingerprint density at radius 2 is 2.25 bits per heavy atom. The van der Waals surface area contributed by atoms with Crippen molar-refractivity contribution in [2.24, 2.45) is 5.92 Å². The molecular formula is C15H20S. The van der Waals surface area contributed by atoms with Crippen LogP contribution in [0.25, 0.3) is 0 Å². The lowest BCUT2D eigenvalue weighted by atomic mass is 9.78. The van der Waals surface area contributed by atoms with Crippen LogP contribution in [-0.4, -0.2) is 10.5 Å². The minimum Gasteiger partial charge on any atom is -0.142 e. The Morgan fingerprint density at radius 1 is 1.31 bits per heavy atom. The first-order valence-corrected chi connectivity index (χ1v) is 7.58. The van der Waals surface area contributed by atoms with Crippen molar-refractivity contribution < 1.29 is 0 Å². The number of fused-ring (bicyclic) bond motifs is 2. The van der Waals surface area contributed by atoms with Crippen LogP contribution < -0.4 is 0 Å². The highest BCUT2D eigenvalue weighted by Crippen LogP contribution is 2.50. The maximum Gasteiger partial charge on any atom is 0.0486 e. The van der Waals surface area contributed by atoms with Gasteiger partial charge >= 0.3 is 0 Å². The van der Waals surface area contributed by atoms with Crippen LogP contribution in [-0.2, 0) is 0 Å². The van der Waals surface area contributed by atoms with Crippen LogP contribution in [0.3, 0.4) is 0 Å². The van der Waals surface area contributed by atoms with E-state index in [1.165, 1.54) is 32.1 Å². The molecule has 3 rings (SSSR count). The number of thioether (sulfide) groups is 1. The molecule has 1 heteroatoms. The van der Waals surface area contributed by atoms with Crippen molar-refractivity contribution in [3.63, 3.8) is 0 Å². The Morgan fingerprint density at radius 3 is 3.12 bits per heavy atom. The number of rotatable bonds is 2. The highest BCUT2D eigenvalue weighted by Gasteiger charge is 2.37. The smallest absolute Gasteiger partial charge is 0.0486 e. The summed E-state index contributed by atoms with van der Waals surface area (Å²) in [5, 5.41) is 1.53. The van der Waals surface area contributed by atoms with Gasteiger partial charge in [-0.2, -0.15) is 0 Å². The fourth-order valence-electron chi connectivity index (χ4n) is 3.41. The Bertz CT molecular complexity index is 360. The van der Waals surface area contributed by atoms with E-state index in [2.05, 4.69) is 43.0 Å². The van der Waals surface area contributed by atoms with Crippen molar-refractivity contribution in [1.29, 1.82) is 0 Å². The van der Waals surface area contributed by atoms with Gasteiger partial charge in [0.2, 0.25) is 0 Å². The molecule has 0 aromatic heterocycles. The molecule has 0 radical (unpaired) electrons. The van der Waals surface area contributed by atoms with Crippen molar-refractivity contribution in [3.8, 4) is 0 Å². The second-order valence-electron chi connectivity index (χ2n) is 5.12. The van der Waals surface area contributed by atoms with Crippen molar-refractivity contribution >= 4 is 11.8 Å². The van der Waals surface area contributed by atoms with Gasteiger partial charge < -0.3 is 0 Å². The van der Waals surface area contributed by atoms with Crippen LogP contribution in [0.15, 0.2) is 35.5 Å². The van der Waals surface area contributed by atoms with E-state index in [0.717, 1.165) is 11.2 Å². The highest BCUT2D eigenvalue weighted by atomic mass is 32.2. The van der Waals surface area contributed by atoms with E-state index < -0.39 is 0 Å². The Kier molecular flexibility index (Phi) is 2.97. The number of hydrogen-bond donors (Lipinski definition) is 0. The first-order chi connectivity index (χ1) is 7.90. The Balaban J connectivity index is 1.94.